The van der Waals surface area contributed by atoms with Gasteiger partial charge in [-0.2, -0.15) is 21.3 Å². The van der Waals surface area contributed by atoms with E-state index in [4.69, 9.17) is 24.2 Å². The zero-order valence-electron chi connectivity index (χ0n) is 18.6. The molecule has 5 heterocycles. The Kier molecular flexibility index (Phi) is 5.88. The summed E-state index contributed by atoms with van der Waals surface area (Å²) in [5, 5.41) is 11.0. The number of thiophene rings is 1. The van der Waals surface area contributed by atoms with E-state index < -0.39 is 0 Å². The molecule has 2 N–H and O–H groups in total. The second-order valence-corrected chi connectivity index (χ2v) is 8.87. The number of anilines is 2. The summed E-state index contributed by atoms with van der Waals surface area (Å²) in [6, 6.07) is 7.97. The van der Waals surface area contributed by atoms with Gasteiger partial charge in [0.15, 0.2) is 28.5 Å². The summed E-state index contributed by atoms with van der Waals surface area (Å²) in [4.78, 5) is 16.6. The molecule has 1 fully saturated rings. The molecule has 1 aromatic carbocycles. The molecule has 176 valence electrons. The minimum Gasteiger partial charge on any atom is -0.454 e. The fourth-order valence-electron chi connectivity index (χ4n) is 4.07. The first kappa shape index (κ1) is 21.1. The minimum atomic E-state index is 0.262. The Morgan fingerprint density at radius 2 is 1.94 bits per heavy atom. The number of morpholine rings is 1. The van der Waals surface area contributed by atoms with Crippen LogP contribution in [-0.2, 0) is 11.3 Å². The molecule has 10 nitrogen and oxygen atoms in total. The highest BCUT2D eigenvalue weighted by Crippen LogP contribution is 2.32. The van der Waals surface area contributed by atoms with Crippen LogP contribution in [0.25, 0.3) is 16.9 Å². The van der Waals surface area contributed by atoms with Crippen molar-refractivity contribution in [3.63, 3.8) is 0 Å². The maximum Gasteiger partial charge on any atom is 0.231 e. The number of aromatic nitrogens is 4. The highest BCUT2D eigenvalue weighted by Gasteiger charge is 2.17. The summed E-state index contributed by atoms with van der Waals surface area (Å²) in [5.41, 5.74) is 3.60. The lowest BCUT2D eigenvalue weighted by Crippen LogP contribution is -2.39. The fraction of sp³-hybridized carbons (Fsp3) is 0.348. The Bertz CT molecular complexity index is 1270. The molecule has 0 unspecified atom stereocenters. The highest BCUT2D eigenvalue weighted by atomic mass is 32.1. The van der Waals surface area contributed by atoms with Crippen molar-refractivity contribution >= 4 is 34.3 Å². The zero-order valence-corrected chi connectivity index (χ0v) is 19.4. The van der Waals surface area contributed by atoms with Gasteiger partial charge in [-0.3, -0.25) is 9.47 Å². The van der Waals surface area contributed by atoms with E-state index in [1.54, 1.807) is 17.7 Å². The van der Waals surface area contributed by atoms with E-state index in [-0.39, 0.29) is 6.79 Å². The van der Waals surface area contributed by atoms with Crippen molar-refractivity contribution in [2.45, 2.75) is 6.54 Å². The number of fused-ring (bicyclic) bond motifs is 2. The van der Waals surface area contributed by atoms with Gasteiger partial charge in [-0.1, -0.05) is 6.07 Å². The Labute approximate surface area is 200 Å². The van der Waals surface area contributed by atoms with E-state index in [0.717, 1.165) is 79.1 Å². The van der Waals surface area contributed by atoms with Gasteiger partial charge in [0.1, 0.15) is 6.33 Å². The maximum atomic E-state index is 5.50. The van der Waals surface area contributed by atoms with Crippen LogP contribution in [0.3, 0.4) is 0 Å². The Morgan fingerprint density at radius 1 is 1.03 bits per heavy atom. The van der Waals surface area contributed by atoms with Gasteiger partial charge in [-0.15, -0.1) is 0 Å². The van der Waals surface area contributed by atoms with Crippen molar-refractivity contribution in [3.05, 3.63) is 46.9 Å². The Balaban J connectivity index is 1.24. The highest BCUT2D eigenvalue weighted by molar-refractivity contribution is 7.08. The summed E-state index contributed by atoms with van der Waals surface area (Å²) < 4.78 is 18.3. The molecule has 34 heavy (non-hydrogen) atoms. The molecule has 0 atom stereocenters. The second-order valence-electron chi connectivity index (χ2n) is 8.09. The predicted octanol–water partition coefficient (Wildman–Crippen LogP) is 2.96. The number of nitrogens with one attached hydrogen (secondary N) is 2. The molecule has 1 saturated heterocycles. The van der Waals surface area contributed by atoms with Crippen molar-refractivity contribution in [2.24, 2.45) is 0 Å². The summed E-state index contributed by atoms with van der Waals surface area (Å²) in [6.07, 6.45) is 1.80. The quantitative estimate of drug-likeness (QED) is 0.395. The lowest BCUT2D eigenvalue weighted by Gasteiger charge is -2.26. The maximum absolute atomic E-state index is 5.50. The molecule has 6 rings (SSSR count). The predicted molar refractivity (Wildman–Crippen MR) is 130 cm³/mol. The molecule has 0 aliphatic carbocycles. The smallest absolute Gasteiger partial charge is 0.231 e. The first-order valence-corrected chi connectivity index (χ1v) is 12.2. The average molecular weight is 480 g/mol. The fourth-order valence-corrected chi connectivity index (χ4v) is 4.70. The van der Waals surface area contributed by atoms with E-state index in [1.165, 1.54) is 0 Å². The third-order valence-electron chi connectivity index (χ3n) is 5.89. The Hall–Kier alpha value is -3.41. The van der Waals surface area contributed by atoms with Gasteiger partial charge in [-0.25, -0.2) is 4.98 Å². The van der Waals surface area contributed by atoms with Crippen molar-refractivity contribution in [3.8, 4) is 17.2 Å². The number of nitrogens with zero attached hydrogens (tertiary/aromatic N) is 5. The van der Waals surface area contributed by atoms with E-state index in [1.807, 2.05) is 28.1 Å². The SMILES string of the molecule is c1cc(-n2cnc3c(NCCN4CCOCC4)nc(NCc4ccc5c(c4)OCO5)nc32)cs1. The van der Waals surface area contributed by atoms with E-state index in [2.05, 4.69) is 32.0 Å². The number of ether oxygens (including phenoxy) is 3. The van der Waals surface area contributed by atoms with E-state index in [9.17, 15) is 0 Å². The Morgan fingerprint density at radius 3 is 2.82 bits per heavy atom. The summed E-state index contributed by atoms with van der Waals surface area (Å²) in [6.45, 7) is 5.98. The van der Waals surface area contributed by atoms with Gasteiger partial charge in [0.25, 0.3) is 0 Å². The minimum absolute atomic E-state index is 0.262. The normalized spacial score (nSPS) is 15.6. The lowest BCUT2D eigenvalue weighted by atomic mass is 10.2. The van der Waals surface area contributed by atoms with Gasteiger partial charge in [0, 0.05) is 38.1 Å². The second kappa shape index (κ2) is 9.45. The summed E-state index contributed by atoms with van der Waals surface area (Å²) in [7, 11) is 0. The average Bonchev–Trinajstić information content (AvgIpc) is 3.63. The summed E-state index contributed by atoms with van der Waals surface area (Å²) in [5.74, 6) is 2.79. The first-order chi connectivity index (χ1) is 16.8. The monoisotopic (exact) mass is 479 g/mol. The molecule has 11 heteroatoms. The van der Waals surface area contributed by atoms with Crippen LogP contribution in [0.1, 0.15) is 5.56 Å². The van der Waals surface area contributed by atoms with Crippen molar-refractivity contribution in [1.29, 1.82) is 0 Å². The summed E-state index contributed by atoms with van der Waals surface area (Å²) >= 11 is 1.64. The van der Waals surface area contributed by atoms with E-state index in [0.29, 0.717) is 12.5 Å². The molecular weight excluding hydrogens is 454 g/mol. The van der Waals surface area contributed by atoms with Crippen LogP contribution in [0.15, 0.2) is 41.4 Å². The van der Waals surface area contributed by atoms with Gasteiger partial charge in [0.05, 0.1) is 18.9 Å². The molecular formula is C23H25N7O3S. The number of rotatable bonds is 8. The van der Waals surface area contributed by atoms with Crippen LogP contribution in [-0.4, -0.2) is 70.6 Å². The molecule has 2 aliphatic heterocycles. The van der Waals surface area contributed by atoms with Crippen LogP contribution >= 0.6 is 11.3 Å². The zero-order chi connectivity index (χ0) is 22.7. The van der Waals surface area contributed by atoms with Crippen LogP contribution < -0.4 is 20.1 Å². The number of imidazole rings is 1. The molecule has 4 aromatic rings. The third-order valence-corrected chi connectivity index (χ3v) is 6.56. The molecule has 0 spiro atoms. The molecule has 0 radical (unpaired) electrons. The number of hydrogen-bond acceptors (Lipinski definition) is 10. The van der Waals surface area contributed by atoms with Crippen molar-refractivity contribution in [1.82, 2.24) is 24.4 Å². The largest absolute Gasteiger partial charge is 0.454 e. The molecule has 3 aromatic heterocycles. The van der Waals surface area contributed by atoms with Crippen molar-refractivity contribution in [2.75, 3.05) is 56.8 Å². The van der Waals surface area contributed by atoms with Crippen LogP contribution in [0, 0.1) is 0 Å². The number of benzene rings is 1. The molecule has 0 bridgehead atoms. The van der Waals surface area contributed by atoms with Gasteiger partial charge in [-0.05, 0) is 29.1 Å². The standard InChI is InChI=1S/C23H25N7O3S/c1-2-18-19(33-15-32-18)11-16(1)12-25-23-27-21(24-4-5-29-6-8-31-9-7-29)20-22(28-23)30(14-26-20)17-3-10-34-13-17/h1-3,10-11,13-14H,4-9,12,15H2,(H2,24,25,27,28). The molecule has 0 saturated carbocycles. The van der Waals surface area contributed by atoms with Gasteiger partial charge in [0.2, 0.25) is 12.7 Å². The number of hydrogen-bond donors (Lipinski definition) is 2. The van der Waals surface area contributed by atoms with Crippen LogP contribution in [0.5, 0.6) is 11.5 Å². The molecule has 2 aliphatic rings. The topological polar surface area (TPSA) is 98.6 Å². The van der Waals surface area contributed by atoms with Crippen molar-refractivity contribution < 1.29 is 14.2 Å². The first-order valence-electron chi connectivity index (χ1n) is 11.3. The lowest BCUT2D eigenvalue weighted by molar-refractivity contribution is 0.0398. The molecule has 0 amide bonds. The van der Waals surface area contributed by atoms with E-state index >= 15 is 0 Å². The van der Waals surface area contributed by atoms with Crippen LogP contribution in [0.4, 0.5) is 11.8 Å². The van der Waals surface area contributed by atoms with Crippen LogP contribution in [0.2, 0.25) is 0 Å². The van der Waals surface area contributed by atoms with Gasteiger partial charge < -0.3 is 24.8 Å². The third kappa shape index (κ3) is 4.37. The van der Waals surface area contributed by atoms with Gasteiger partial charge >= 0.3 is 0 Å².